The number of halogens is 4. The van der Waals surface area contributed by atoms with E-state index in [0.29, 0.717) is 0 Å². The summed E-state index contributed by atoms with van der Waals surface area (Å²) >= 11 is 0. The lowest BCUT2D eigenvalue weighted by atomic mass is 10.2. The second kappa shape index (κ2) is 15.3. The summed E-state index contributed by atoms with van der Waals surface area (Å²) in [4.78, 5) is 0. The third kappa shape index (κ3) is 8.45. The van der Waals surface area contributed by atoms with Crippen molar-refractivity contribution in [1.82, 2.24) is 0 Å². The summed E-state index contributed by atoms with van der Waals surface area (Å²) in [5, 5.41) is 4.53. The molecule has 0 bridgehead atoms. The van der Waals surface area contributed by atoms with Crippen LogP contribution in [0.1, 0.15) is 13.8 Å². The molecule has 2 nitrogen and oxygen atoms in total. The predicted molar refractivity (Wildman–Crippen MR) is 50.7 cm³/mol. The van der Waals surface area contributed by atoms with Gasteiger partial charge in [0, 0.05) is 12.1 Å². The number of rotatable bonds is 4. The maximum atomic E-state index is 2.27. The van der Waals surface area contributed by atoms with E-state index in [1.807, 2.05) is 0 Å². The molecule has 1 aromatic carbocycles. The monoisotopic (exact) mass is 306 g/mol. The van der Waals surface area contributed by atoms with Crippen LogP contribution in [0.5, 0.6) is 0 Å². The summed E-state index contributed by atoms with van der Waals surface area (Å²) in [6.07, 6.45) is 0. The van der Waals surface area contributed by atoms with Crippen molar-refractivity contribution < 1.29 is 60.3 Å². The summed E-state index contributed by atoms with van der Waals surface area (Å²) in [6, 6.07) is 8.53. The first-order valence-electron chi connectivity index (χ1n) is 4.64. The maximum Gasteiger partial charge on any atom is 0.190 e. The summed E-state index contributed by atoms with van der Waals surface area (Å²) in [5.41, 5.74) is 2.73. The Morgan fingerprint density at radius 3 is 1.31 bits per heavy atom. The van der Waals surface area contributed by atoms with Crippen molar-refractivity contribution >= 4 is 11.4 Å². The third-order valence-corrected chi connectivity index (χ3v) is 1.84. The van der Waals surface area contributed by atoms with Gasteiger partial charge < -0.3 is 60.3 Å². The number of nitrogens with two attached hydrogens (primary N) is 2. The maximum absolute atomic E-state index is 2.27. The van der Waals surface area contributed by atoms with Gasteiger partial charge in [-0.3, -0.25) is 0 Å². The molecule has 16 heavy (non-hydrogen) atoms. The normalized spacial score (nSPS) is 7.62. The van der Waals surface area contributed by atoms with Gasteiger partial charge in [0.25, 0.3) is 0 Å². The van der Waals surface area contributed by atoms with Crippen molar-refractivity contribution in [3.05, 3.63) is 24.3 Å². The number of benzene rings is 1. The van der Waals surface area contributed by atoms with Gasteiger partial charge in [-0.25, -0.2) is 0 Å². The number of hydrogen-bond donors (Lipinski definition) is 2. The molecule has 0 aliphatic heterocycles. The van der Waals surface area contributed by atoms with Gasteiger partial charge in [0.2, 0.25) is 0 Å². The quantitative estimate of drug-likeness (QED) is 0.518. The van der Waals surface area contributed by atoms with E-state index in [2.05, 4.69) is 48.7 Å². The average Bonchev–Trinajstić information content (AvgIpc) is 2.09. The van der Waals surface area contributed by atoms with E-state index in [1.54, 1.807) is 0 Å². The second-order valence-corrected chi connectivity index (χ2v) is 2.85. The highest BCUT2D eigenvalue weighted by Crippen LogP contribution is 2.08. The zero-order chi connectivity index (χ0) is 8.81. The van der Waals surface area contributed by atoms with Gasteiger partial charge in [0.15, 0.2) is 11.4 Å². The van der Waals surface area contributed by atoms with Crippen molar-refractivity contribution in [3.63, 3.8) is 0 Å². The van der Waals surface area contributed by atoms with Crippen molar-refractivity contribution in [2.24, 2.45) is 0 Å². The molecule has 0 aliphatic carbocycles. The second-order valence-electron chi connectivity index (χ2n) is 2.85. The first-order valence-corrected chi connectivity index (χ1v) is 4.64. The van der Waals surface area contributed by atoms with E-state index in [-0.39, 0.29) is 49.6 Å². The summed E-state index contributed by atoms with van der Waals surface area (Å²) < 4.78 is 0. The molecule has 0 amide bonds. The molecule has 1 aromatic rings. The predicted octanol–water partition coefficient (Wildman–Crippen LogP) is -11.9. The first kappa shape index (κ1) is 25.2. The summed E-state index contributed by atoms with van der Waals surface area (Å²) in [5.74, 6) is 0. The van der Waals surface area contributed by atoms with Crippen LogP contribution < -0.4 is 60.3 Å². The zero-order valence-electron chi connectivity index (χ0n) is 9.39. The Hall–Kier alpha value is 0.300. The lowest BCUT2D eigenvalue weighted by molar-refractivity contribution is -0.602. The van der Waals surface area contributed by atoms with Crippen LogP contribution in [0.3, 0.4) is 0 Å². The highest BCUT2D eigenvalue weighted by molar-refractivity contribution is 5.49. The lowest BCUT2D eigenvalue weighted by Crippen LogP contribution is -3.00. The van der Waals surface area contributed by atoms with Gasteiger partial charge in [0.1, 0.15) is 0 Å². The van der Waals surface area contributed by atoms with Gasteiger partial charge in [-0.1, -0.05) is 12.1 Å². The molecule has 98 valence electrons. The molecular weight excluding hydrogens is 290 g/mol. The molecule has 0 heterocycles. The van der Waals surface area contributed by atoms with E-state index in [9.17, 15) is 0 Å². The number of quaternary nitrogens is 2. The Morgan fingerprint density at radius 2 is 1.06 bits per heavy atom. The van der Waals surface area contributed by atoms with Crippen LogP contribution in [-0.2, 0) is 0 Å². The standard InChI is InChI=1S/C10H16N2.4ClH/c1-3-11-9-7-5-6-8-10(9)12-4-2;;;;/h5-8,11-12H,3-4H2,1-2H3;4*1H/p-2. The average molecular weight is 308 g/mol. The first-order chi connectivity index (χ1) is 5.88. The Morgan fingerprint density at radius 1 is 0.750 bits per heavy atom. The smallest absolute Gasteiger partial charge is 0.190 e. The SMILES string of the molecule is CC[NH2+]c1ccccc1[NH2+]CC.[Cl-].[Cl-].[Cl-].[Cl-]. The van der Waals surface area contributed by atoms with Gasteiger partial charge >= 0.3 is 0 Å². The Kier molecular flexibility index (Phi) is 24.1. The van der Waals surface area contributed by atoms with Crippen LogP contribution >= 0.6 is 0 Å². The number of hydrogen-bond acceptors (Lipinski definition) is 0. The largest absolute Gasteiger partial charge is 1.00 e. The van der Waals surface area contributed by atoms with Crippen LogP contribution in [0.15, 0.2) is 24.3 Å². The van der Waals surface area contributed by atoms with Crippen LogP contribution in [-0.4, -0.2) is 13.1 Å². The lowest BCUT2D eigenvalue weighted by Gasteiger charge is -2.01. The highest BCUT2D eigenvalue weighted by Gasteiger charge is 2.05. The van der Waals surface area contributed by atoms with Gasteiger partial charge in [-0.15, -0.1) is 0 Å². The van der Waals surface area contributed by atoms with Crippen molar-refractivity contribution in [1.29, 1.82) is 0 Å². The van der Waals surface area contributed by atoms with Crippen molar-refractivity contribution in [2.75, 3.05) is 13.1 Å². The molecule has 0 fully saturated rings. The van der Waals surface area contributed by atoms with Crippen LogP contribution in [0.25, 0.3) is 0 Å². The molecule has 6 heteroatoms. The third-order valence-electron chi connectivity index (χ3n) is 1.84. The molecule has 0 spiro atoms. The molecule has 0 aliphatic rings. The number of para-hydroxylation sites is 2. The van der Waals surface area contributed by atoms with Crippen molar-refractivity contribution in [3.8, 4) is 0 Å². The molecule has 0 atom stereocenters. The van der Waals surface area contributed by atoms with Crippen LogP contribution in [0.4, 0.5) is 11.4 Å². The summed E-state index contributed by atoms with van der Waals surface area (Å²) in [6.45, 7) is 6.55. The van der Waals surface area contributed by atoms with E-state index < -0.39 is 0 Å². The van der Waals surface area contributed by atoms with Crippen LogP contribution in [0, 0.1) is 0 Å². The zero-order valence-corrected chi connectivity index (χ0v) is 12.4. The Labute approximate surface area is 123 Å². The van der Waals surface area contributed by atoms with E-state index >= 15 is 0 Å². The van der Waals surface area contributed by atoms with Crippen LogP contribution in [0.2, 0.25) is 0 Å². The minimum Gasteiger partial charge on any atom is -1.00 e. The minimum absolute atomic E-state index is 0. The fourth-order valence-corrected chi connectivity index (χ4v) is 1.32. The molecule has 0 aromatic heterocycles. The van der Waals surface area contributed by atoms with Gasteiger partial charge in [0.05, 0.1) is 13.1 Å². The van der Waals surface area contributed by atoms with Gasteiger partial charge in [-0.05, 0) is 13.8 Å². The molecule has 0 saturated carbocycles. The van der Waals surface area contributed by atoms with Crippen molar-refractivity contribution in [2.45, 2.75) is 13.8 Å². The fourth-order valence-electron chi connectivity index (χ4n) is 1.32. The molecule has 0 saturated heterocycles. The molecule has 4 N–H and O–H groups in total. The molecule has 0 unspecified atom stereocenters. The molecular formula is C10H18Cl4N2-2. The summed E-state index contributed by atoms with van der Waals surface area (Å²) in [7, 11) is 0. The fraction of sp³-hybridized carbons (Fsp3) is 0.400. The minimum atomic E-state index is 0. The Bertz CT molecular complexity index is 221. The Balaban J connectivity index is -0.000000180. The van der Waals surface area contributed by atoms with E-state index in [1.165, 1.54) is 11.4 Å². The van der Waals surface area contributed by atoms with E-state index in [0.717, 1.165) is 13.1 Å². The molecule has 0 radical (unpaired) electrons. The molecule has 1 rings (SSSR count). The highest BCUT2D eigenvalue weighted by atomic mass is 35.5. The van der Waals surface area contributed by atoms with Gasteiger partial charge in [-0.2, -0.15) is 0 Å². The topological polar surface area (TPSA) is 33.2 Å². The van der Waals surface area contributed by atoms with E-state index in [4.69, 9.17) is 0 Å².